The lowest BCUT2D eigenvalue weighted by molar-refractivity contribution is 0.330. The number of alkyl halides is 1. The predicted molar refractivity (Wildman–Crippen MR) is 95.9 cm³/mol. The van der Waals surface area contributed by atoms with E-state index in [4.69, 9.17) is 4.74 Å². The normalized spacial score (nSPS) is 11.9. The molecule has 0 aliphatic rings. The molecule has 0 fully saturated rings. The molecule has 0 radical (unpaired) electrons. The van der Waals surface area contributed by atoms with E-state index in [0.717, 1.165) is 42.6 Å². The number of hydrogen-bond acceptors (Lipinski definition) is 3. The van der Waals surface area contributed by atoms with Crippen LogP contribution in [0.4, 0.5) is 4.39 Å². The molecule has 0 saturated heterocycles. The number of aryl methyl sites for hydroxylation is 1. The molecule has 24 heavy (non-hydrogen) atoms. The van der Waals surface area contributed by atoms with Gasteiger partial charge in [0.2, 0.25) is 0 Å². The van der Waals surface area contributed by atoms with Gasteiger partial charge in [0.25, 0.3) is 0 Å². The fourth-order valence-electron chi connectivity index (χ4n) is 2.55. The maximum atomic E-state index is 12.8. The molecule has 0 aliphatic heterocycles. The van der Waals surface area contributed by atoms with E-state index in [1.807, 2.05) is 12.1 Å². The van der Waals surface area contributed by atoms with E-state index in [1.165, 1.54) is 0 Å². The summed E-state index contributed by atoms with van der Waals surface area (Å²) in [6, 6.07) is 7.88. The first-order chi connectivity index (χ1) is 11.7. The van der Waals surface area contributed by atoms with Crippen LogP contribution in [0.3, 0.4) is 0 Å². The maximum absolute atomic E-state index is 12.8. The summed E-state index contributed by atoms with van der Waals surface area (Å²) in [5.74, 6) is 1.53. The Hall–Kier alpha value is -2.23. The first-order valence-electron chi connectivity index (χ1n) is 8.48. The Morgan fingerprint density at radius 3 is 2.71 bits per heavy atom. The molecule has 2 aromatic rings. The van der Waals surface area contributed by atoms with Crippen molar-refractivity contribution in [3.63, 3.8) is 0 Å². The molecule has 0 spiro atoms. The molecule has 0 bridgehead atoms. The van der Waals surface area contributed by atoms with Gasteiger partial charge in [-0.05, 0) is 43.9 Å². The number of halogens is 1. The Kier molecular flexibility index (Phi) is 7.40. The lowest BCUT2D eigenvalue weighted by Gasteiger charge is -2.12. The molecule has 0 aliphatic carbocycles. The number of hydrogen-bond donors (Lipinski definition) is 0. The van der Waals surface area contributed by atoms with Crippen LogP contribution in [-0.4, -0.2) is 22.7 Å². The van der Waals surface area contributed by atoms with Crippen molar-refractivity contribution < 1.29 is 9.13 Å². The van der Waals surface area contributed by atoms with Crippen LogP contribution in [0.2, 0.25) is 0 Å². The zero-order valence-electron chi connectivity index (χ0n) is 14.2. The molecular formula is C20H25FN2O. The van der Waals surface area contributed by atoms with Crippen LogP contribution < -0.4 is 4.74 Å². The second-order valence-corrected chi connectivity index (χ2v) is 5.87. The second kappa shape index (κ2) is 9.81. The van der Waals surface area contributed by atoms with Gasteiger partial charge in [-0.1, -0.05) is 37.6 Å². The summed E-state index contributed by atoms with van der Waals surface area (Å²) in [5.41, 5.74) is 2.09. The van der Waals surface area contributed by atoms with Crippen molar-refractivity contribution >= 4 is 0 Å². The minimum Gasteiger partial charge on any atom is -0.489 e. The van der Waals surface area contributed by atoms with Crippen molar-refractivity contribution in [1.82, 2.24) is 9.97 Å². The van der Waals surface area contributed by atoms with Crippen molar-refractivity contribution in [2.24, 2.45) is 0 Å². The van der Waals surface area contributed by atoms with Crippen molar-refractivity contribution in [3.8, 4) is 17.1 Å². The van der Waals surface area contributed by atoms with Crippen LogP contribution in [0.25, 0.3) is 11.4 Å². The lowest BCUT2D eigenvalue weighted by Crippen LogP contribution is -1.99. The van der Waals surface area contributed by atoms with Crippen molar-refractivity contribution in [2.75, 3.05) is 6.61 Å². The van der Waals surface area contributed by atoms with Gasteiger partial charge >= 0.3 is 0 Å². The zero-order chi connectivity index (χ0) is 17.2. The molecule has 3 nitrogen and oxygen atoms in total. The molecule has 1 unspecified atom stereocenters. The molecule has 0 saturated carbocycles. The SMILES string of the molecule is C=CCOc1cc(-c2ncccn2)ccc1CCCCCC(C)F. The Labute approximate surface area is 143 Å². The number of nitrogens with zero attached hydrogens (tertiary/aromatic N) is 2. The van der Waals surface area contributed by atoms with Crippen LogP contribution >= 0.6 is 0 Å². The van der Waals surface area contributed by atoms with Gasteiger partial charge in [-0.25, -0.2) is 14.4 Å². The smallest absolute Gasteiger partial charge is 0.159 e. The average Bonchev–Trinajstić information content (AvgIpc) is 2.60. The zero-order valence-corrected chi connectivity index (χ0v) is 14.2. The Morgan fingerprint density at radius 2 is 2.00 bits per heavy atom. The molecule has 1 atom stereocenters. The summed E-state index contributed by atoms with van der Waals surface area (Å²) < 4.78 is 18.6. The molecule has 1 heterocycles. The topological polar surface area (TPSA) is 35.0 Å². The molecule has 128 valence electrons. The Balaban J connectivity index is 2.05. The Morgan fingerprint density at radius 1 is 1.21 bits per heavy atom. The summed E-state index contributed by atoms with van der Waals surface area (Å²) >= 11 is 0. The minimum absolute atomic E-state index is 0.464. The number of ether oxygens (including phenoxy) is 1. The molecule has 2 rings (SSSR count). The lowest BCUT2D eigenvalue weighted by atomic mass is 10.0. The van der Waals surface area contributed by atoms with Gasteiger partial charge in [0.1, 0.15) is 12.4 Å². The molecule has 1 aromatic heterocycles. The quantitative estimate of drug-likeness (QED) is 0.446. The van der Waals surface area contributed by atoms with Gasteiger partial charge < -0.3 is 4.74 Å². The Bertz CT molecular complexity index is 629. The highest BCUT2D eigenvalue weighted by Gasteiger charge is 2.08. The second-order valence-electron chi connectivity index (χ2n) is 5.87. The highest BCUT2D eigenvalue weighted by Crippen LogP contribution is 2.27. The van der Waals surface area contributed by atoms with E-state index in [0.29, 0.717) is 18.9 Å². The first-order valence-corrected chi connectivity index (χ1v) is 8.48. The fourth-order valence-corrected chi connectivity index (χ4v) is 2.55. The van der Waals surface area contributed by atoms with E-state index in [-0.39, 0.29) is 0 Å². The van der Waals surface area contributed by atoms with Crippen molar-refractivity contribution in [2.45, 2.75) is 45.2 Å². The van der Waals surface area contributed by atoms with Gasteiger partial charge in [0, 0.05) is 18.0 Å². The van der Waals surface area contributed by atoms with Gasteiger partial charge in [-0.15, -0.1) is 0 Å². The van der Waals surface area contributed by atoms with Crippen molar-refractivity contribution in [1.29, 1.82) is 0 Å². The maximum Gasteiger partial charge on any atom is 0.159 e. The highest BCUT2D eigenvalue weighted by atomic mass is 19.1. The third kappa shape index (κ3) is 5.76. The number of aromatic nitrogens is 2. The largest absolute Gasteiger partial charge is 0.489 e. The van der Waals surface area contributed by atoms with Crippen LogP contribution in [0.1, 0.15) is 38.2 Å². The third-order valence-corrected chi connectivity index (χ3v) is 3.80. The summed E-state index contributed by atoms with van der Waals surface area (Å²) in [5, 5.41) is 0. The standard InChI is InChI=1S/C20H25FN2O/c1-3-14-24-19-15-18(20-22-12-7-13-23-20)11-10-17(19)9-6-4-5-8-16(2)21/h3,7,10-13,15-16H,1,4-6,8-9,14H2,2H3. The number of unbranched alkanes of at least 4 members (excludes halogenated alkanes) is 2. The van der Waals surface area contributed by atoms with Crippen LogP contribution in [-0.2, 0) is 6.42 Å². The van der Waals surface area contributed by atoms with Gasteiger partial charge in [0.15, 0.2) is 5.82 Å². The van der Waals surface area contributed by atoms with Gasteiger partial charge in [-0.3, -0.25) is 0 Å². The van der Waals surface area contributed by atoms with Gasteiger partial charge in [0.05, 0.1) is 6.17 Å². The van der Waals surface area contributed by atoms with Crippen LogP contribution in [0.15, 0.2) is 49.3 Å². The number of benzene rings is 1. The van der Waals surface area contributed by atoms with Crippen molar-refractivity contribution in [3.05, 3.63) is 54.9 Å². The molecular weight excluding hydrogens is 303 g/mol. The fraction of sp³-hybridized carbons (Fsp3) is 0.400. The highest BCUT2D eigenvalue weighted by molar-refractivity contribution is 5.59. The predicted octanol–water partition coefficient (Wildman–Crippen LogP) is 5.17. The first kappa shape index (κ1) is 18.1. The van der Waals surface area contributed by atoms with E-state index in [2.05, 4.69) is 22.6 Å². The monoisotopic (exact) mass is 328 g/mol. The minimum atomic E-state index is -0.707. The molecule has 4 heteroatoms. The summed E-state index contributed by atoms with van der Waals surface area (Å²) in [6.45, 7) is 5.78. The molecule has 1 aromatic carbocycles. The molecule has 0 amide bonds. The van der Waals surface area contributed by atoms with E-state index < -0.39 is 6.17 Å². The average molecular weight is 328 g/mol. The van der Waals surface area contributed by atoms with Crippen LogP contribution in [0, 0.1) is 0 Å². The van der Waals surface area contributed by atoms with E-state index in [9.17, 15) is 4.39 Å². The van der Waals surface area contributed by atoms with E-state index in [1.54, 1.807) is 31.5 Å². The third-order valence-electron chi connectivity index (χ3n) is 3.80. The summed E-state index contributed by atoms with van der Waals surface area (Å²) in [6.07, 6.45) is 9.03. The van der Waals surface area contributed by atoms with Gasteiger partial charge in [-0.2, -0.15) is 0 Å². The number of rotatable bonds is 10. The van der Waals surface area contributed by atoms with Crippen LogP contribution in [0.5, 0.6) is 5.75 Å². The van der Waals surface area contributed by atoms with E-state index >= 15 is 0 Å². The molecule has 0 N–H and O–H groups in total. The summed E-state index contributed by atoms with van der Waals surface area (Å²) in [4.78, 5) is 8.56. The summed E-state index contributed by atoms with van der Waals surface area (Å²) in [7, 11) is 0.